The van der Waals surface area contributed by atoms with Crippen molar-refractivity contribution in [3.8, 4) is 0 Å². The van der Waals surface area contributed by atoms with Crippen molar-refractivity contribution in [1.82, 2.24) is 4.90 Å². The average molecular weight is 373 g/mol. The predicted octanol–water partition coefficient (Wildman–Crippen LogP) is 5.83. The van der Waals surface area contributed by atoms with Crippen LogP contribution >= 0.6 is 34.9 Å². The number of thiocarbonyl (C=S) groups is 1. The first-order valence-electron chi connectivity index (χ1n) is 7.80. The van der Waals surface area contributed by atoms with Crippen LogP contribution in [0.1, 0.15) is 20.9 Å². The van der Waals surface area contributed by atoms with Gasteiger partial charge in [-0.15, -0.1) is 22.7 Å². The first-order valence-corrected chi connectivity index (χ1v) is 9.96. The second-order valence-corrected chi connectivity index (χ2v) is 8.20. The molecular weight excluding hydrogens is 352 g/mol. The number of nitrogens with one attached hydrogen (secondary N) is 1. The molecule has 5 heteroatoms. The molecule has 1 N–H and O–H groups in total. The fourth-order valence-corrected chi connectivity index (χ4v) is 4.09. The third-order valence-electron chi connectivity index (χ3n) is 3.90. The van der Waals surface area contributed by atoms with E-state index in [4.69, 9.17) is 12.2 Å². The number of rotatable bonds is 5. The molecule has 0 saturated carbocycles. The fraction of sp³-hybridized carbons (Fsp3) is 0.211. The van der Waals surface area contributed by atoms with Crippen molar-refractivity contribution in [2.75, 3.05) is 5.32 Å². The van der Waals surface area contributed by atoms with Crippen LogP contribution in [-0.2, 0) is 13.1 Å². The number of thiophene rings is 2. The molecule has 0 saturated heterocycles. The molecule has 24 heavy (non-hydrogen) atoms. The molecule has 0 atom stereocenters. The molecule has 0 amide bonds. The van der Waals surface area contributed by atoms with Crippen LogP contribution in [-0.4, -0.2) is 10.0 Å². The zero-order chi connectivity index (χ0) is 16.9. The van der Waals surface area contributed by atoms with E-state index in [2.05, 4.69) is 77.3 Å². The topological polar surface area (TPSA) is 15.3 Å². The molecule has 0 aliphatic rings. The fourth-order valence-electron chi connectivity index (χ4n) is 2.40. The van der Waals surface area contributed by atoms with Crippen molar-refractivity contribution in [1.29, 1.82) is 0 Å². The maximum absolute atomic E-state index is 5.70. The maximum Gasteiger partial charge on any atom is 0.174 e. The lowest BCUT2D eigenvalue weighted by molar-refractivity contribution is 0.420. The second-order valence-electron chi connectivity index (χ2n) is 5.74. The Hall–Kier alpha value is -1.69. The van der Waals surface area contributed by atoms with Gasteiger partial charge in [-0.25, -0.2) is 0 Å². The molecule has 124 valence electrons. The summed E-state index contributed by atoms with van der Waals surface area (Å²) in [6.07, 6.45) is 0. The van der Waals surface area contributed by atoms with Crippen molar-refractivity contribution in [3.05, 3.63) is 74.1 Å². The van der Waals surface area contributed by atoms with E-state index in [1.165, 1.54) is 20.9 Å². The number of aryl methyl sites for hydroxylation is 2. The molecule has 3 rings (SSSR count). The Morgan fingerprint density at radius 1 is 0.958 bits per heavy atom. The summed E-state index contributed by atoms with van der Waals surface area (Å²) >= 11 is 9.24. The Labute approximate surface area is 156 Å². The summed E-state index contributed by atoms with van der Waals surface area (Å²) in [4.78, 5) is 4.86. The lowest BCUT2D eigenvalue weighted by atomic mass is 10.1. The van der Waals surface area contributed by atoms with Gasteiger partial charge in [0, 0.05) is 15.4 Å². The Balaban J connectivity index is 1.75. The molecule has 0 radical (unpaired) electrons. The number of anilines is 1. The summed E-state index contributed by atoms with van der Waals surface area (Å²) in [5, 5.41) is 8.38. The van der Waals surface area contributed by atoms with Crippen LogP contribution in [0.3, 0.4) is 0 Å². The van der Waals surface area contributed by atoms with Gasteiger partial charge >= 0.3 is 0 Å². The number of hydrogen-bond acceptors (Lipinski definition) is 3. The van der Waals surface area contributed by atoms with Gasteiger partial charge in [0.25, 0.3) is 0 Å². The summed E-state index contributed by atoms with van der Waals surface area (Å²) in [5.41, 5.74) is 3.61. The normalized spacial score (nSPS) is 10.6. The highest BCUT2D eigenvalue weighted by atomic mass is 32.1. The van der Waals surface area contributed by atoms with E-state index >= 15 is 0 Å². The average Bonchev–Trinajstić information content (AvgIpc) is 3.24. The van der Waals surface area contributed by atoms with Crippen molar-refractivity contribution in [2.45, 2.75) is 26.9 Å². The SMILES string of the molecule is Cc1ccc(NC(=S)N(Cc2cccs2)Cc2cccs2)cc1C. The van der Waals surface area contributed by atoms with E-state index in [1.807, 2.05) is 0 Å². The zero-order valence-corrected chi connectivity index (χ0v) is 16.2. The van der Waals surface area contributed by atoms with Crippen molar-refractivity contribution >= 4 is 45.7 Å². The van der Waals surface area contributed by atoms with E-state index in [-0.39, 0.29) is 0 Å². The third kappa shape index (κ3) is 4.44. The molecule has 0 aliphatic heterocycles. The molecule has 0 spiro atoms. The molecule has 2 aromatic heterocycles. The van der Waals surface area contributed by atoms with Crippen LogP contribution in [0.25, 0.3) is 0 Å². The van der Waals surface area contributed by atoms with Gasteiger partial charge in [-0.3, -0.25) is 0 Å². The minimum absolute atomic E-state index is 0.764. The lowest BCUT2D eigenvalue weighted by Gasteiger charge is -2.25. The van der Waals surface area contributed by atoms with Gasteiger partial charge < -0.3 is 10.2 Å². The Morgan fingerprint density at radius 3 is 2.08 bits per heavy atom. The van der Waals surface area contributed by atoms with Crippen LogP contribution in [0.15, 0.2) is 53.2 Å². The van der Waals surface area contributed by atoms with Gasteiger partial charge in [0.05, 0.1) is 13.1 Å². The van der Waals surface area contributed by atoms with E-state index in [0.717, 1.165) is 23.9 Å². The summed E-state index contributed by atoms with van der Waals surface area (Å²) in [5.74, 6) is 0. The molecule has 0 fully saturated rings. The lowest BCUT2D eigenvalue weighted by Crippen LogP contribution is -2.33. The van der Waals surface area contributed by atoms with Gasteiger partial charge in [0.2, 0.25) is 0 Å². The smallest absolute Gasteiger partial charge is 0.174 e. The predicted molar refractivity (Wildman–Crippen MR) is 110 cm³/mol. The first kappa shape index (κ1) is 17.1. The summed E-state index contributed by atoms with van der Waals surface area (Å²) < 4.78 is 0. The molecule has 1 aromatic carbocycles. The Kier molecular flexibility index (Phi) is 5.66. The van der Waals surface area contributed by atoms with E-state index < -0.39 is 0 Å². The first-order chi connectivity index (χ1) is 11.6. The number of nitrogens with zero attached hydrogens (tertiary/aromatic N) is 1. The molecule has 2 nitrogen and oxygen atoms in total. The molecule has 2 heterocycles. The Morgan fingerprint density at radius 2 is 1.58 bits per heavy atom. The van der Waals surface area contributed by atoms with Crippen molar-refractivity contribution in [3.63, 3.8) is 0 Å². The van der Waals surface area contributed by atoms with Gasteiger partial charge in [-0.1, -0.05) is 18.2 Å². The van der Waals surface area contributed by atoms with E-state index in [1.54, 1.807) is 22.7 Å². The molecule has 0 unspecified atom stereocenters. The quantitative estimate of drug-likeness (QED) is 0.568. The summed E-state index contributed by atoms with van der Waals surface area (Å²) in [7, 11) is 0. The summed E-state index contributed by atoms with van der Waals surface area (Å²) in [6.45, 7) is 5.90. The van der Waals surface area contributed by atoms with Crippen LogP contribution < -0.4 is 5.32 Å². The summed E-state index contributed by atoms with van der Waals surface area (Å²) in [6, 6.07) is 14.9. The van der Waals surface area contributed by atoms with Crippen LogP contribution in [0.2, 0.25) is 0 Å². The monoisotopic (exact) mass is 372 g/mol. The maximum atomic E-state index is 5.70. The van der Waals surface area contributed by atoms with Gasteiger partial charge in [0.1, 0.15) is 0 Å². The Bertz CT molecular complexity index is 756. The second kappa shape index (κ2) is 7.92. The minimum atomic E-state index is 0.764. The largest absolute Gasteiger partial charge is 0.339 e. The molecule has 0 bridgehead atoms. The van der Waals surface area contributed by atoms with Crippen LogP contribution in [0, 0.1) is 13.8 Å². The van der Waals surface area contributed by atoms with Gasteiger partial charge in [-0.2, -0.15) is 0 Å². The third-order valence-corrected chi connectivity index (χ3v) is 5.98. The van der Waals surface area contributed by atoms with Crippen LogP contribution in [0.5, 0.6) is 0 Å². The van der Waals surface area contributed by atoms with Crippen molar-refractivity contribution < 1.29 is 0 Å². The highest BCUT2D eigenvalue weighted by molar-refractivity contribution is 7.80. The standard InChI is InChI=1S/C19H20N2S3/c1-14-7-8-16(11-15(14)2)20-19(22)21(12-17-5-3-9-23-17)13-18-6-4-10-24-18/h3-11H,12-13H2,1-2H3,(H,20,22). The van der Waals surface area contributed by atoms with Crippen LogP contribution in [0.4, 0.5) is 5.69 Å². The van der Waals surface area contributed by atoms with Crippen molar-refractivity contribution in [2.24, 2.45) is 0 Å². The minimum Gasteiger partial charge on any atom is -0.339 e. The zero-order valence-electron chi connectivity index (χ0n) is 13.8. The van der Waals surface area contributed by atoms with E-state index in [0.29, 0.717) is 0 Å². The highest BCUT2D eigenvalue weighted by Gasteiger charge is 2.13. The molecular formula is C19H20N2S3. The number of benzene rings is 1. The highest BCUT2D eigenvalue weighted by Crippen LogP contribution is 2.20. The molecule has 0 aliphatic carbocycles. The number of hydrogen-bond donors (Lipinski definition) is 1. The van der Waals surface area contributed by atoms with Gasteiger partial charge in [0.15, 0.2) is 5.11 Å². The molecule has 3 aromatic rings. The van der Waals surface area contributed by atoms with Gasteiger partial charge in [-0.05, 0) is 72.2 Å². The van der Waals surface area contributed by atoms with E-state index in [9.17, 15) is 0 Å².